The SMILES string of the molecule is N#Cc1ccc(OCc2cn3ccsc3n2)cc1. The molecule has 0 atom stereocenters. The van der Waals surface area contributed by atoms with E-state index >= 15 is 0 Å². The van der Waals surface area contributed by atoms with Crippen LogP contribution in [0.1, 0.15) is 11.3 Å². The van der Waals surface area contributed by atoms with Crippen LogP contribution in [-0.2, 0) is 6.61 Å². The van der Waals surface area contributed by atoms with Crippen LogP contribution in [0.5, 0.6) is 5.75 Å². The summed E-state index contributed by atoms with van der Waals surface area (Å²) in [4.78, 5) is 5.39. The number of nitriles is 1. The van der Waals surface area contributed by atoms with Crippen LogP contribution in [0.4, 0.5) is 0 Å². The fourth-order valence-electron chi connectivity index (χ4n) is 1.63. The number of rotatable bonds is 3. The minimum atomic E-state index is 0.431. The molecule has 2 heterocycles. The molecule has 0 aliphatic rings. The minimum absolute atomic E-state index is 0.431. The highest BCUT2D eigenvalue weighted by molar-refractivity contribution is 7.15. The number of hydrogen-bond donors (Lipinski definition) is 0. The van der Waals surface area contributed by atoms with Crippen LogP contribution in [0.3, 0.4) is 0 Å². The molecule has 4 nitrogen and oxygen atoms in total. The first-order valence-corrected chi connectivity index (χ1v) is 6.27. The number of fused-ring (bicyclic) bond motifs is 1. The van der Waals surface area contributed by atoms with Crippen LogP contribution in [0.15, 0.2) is 42.0 Å². The summed E-state index contributed by atoms with van der Waals surface area (Å²) in [6.07, 6.45) is 3.92. The Labute approximate surface area is 108 Å². The first-order chi connectivity index (χ1) is 8.85. The quantitative estimate of drug-likeness (QED) is 0.723. The van der Waals surface area contributed by atoms with E-state index in [-0.39, 0.29) is 0 Å². The van der Waals surface area contributed by atoms with Crippen molar-refractivity contribution >= 4 is 16.3 Å². The molecule has 0 fully saturated rings. The summed E-state index contributed by atoms with van der Waals surface area (Å²) in [5.41, 5.74) is 1.52. The number of ether oxygens (including phenoxy) is 1. The second kappa shape index (κ2) is 4.51. The van der Waals surface area contributed by atoms with E-state index in [1.54, 1.807) is 35.6 Å². The standard InChI is InChI=1S/C13H9N3OS/c14-7-10-1-3-12(4-2-10)17-9-11-8-16-5-6-18-13(16)15-11/h1-6,8H,9H2. The van der Waals surface area contributed by atoms with Gasteiger partial charge in [-0.3, -0.25) is 4.40 Å². The summed E-state index contributed by atoms with van der Waals surface area (Å²) in [5, 5.41) is 10.7. The van der Waals surface area contributed by atoms with E-state index in [9.17, 15) is 0 Å². The van der Waals surface area contributed by atoms with Crippen LogP contribution in [0.2, 0.25) is 0 Å². The highest BCUT2D eigenvalue weighted by Crippen LogP contribution is 2.15. The molecule has 2 aromatic heterocycles. The topological polar surface area (TPSA) is 50.3 Å². The predicted molar refractivity (Wildman–Crippen MR) is 68.6 cm³/mol. The molecule has 88 valence electrons. The van der Waals surface area contributed by atoms with Crippen molar-refractivity contribution in [2.75, 3.05) is 0 Å². The number of nitrogens with zero attached hydrogens (tertiary/aromatic N) is 3. The fourth-order valence-corrected chi connectivity index (χ4v) is 2.35. The van der Waals surface area contributed by atoms with Gasteiger partial charge < -0.3 is 4.74 Å². The Bertz CT molecular complexity index is 677. The van der Waals surface area contributed by atoms with Gasteiger partial charge in [0.15, 0.2) is 4.96 Å². The summed E-state index contributed by atoms with van der Waals surface area (Å²) < 4.78 is 7.58. The van der Waals surface area contributed by atoms with Gasteiger partial charge >= 0.3 is 0 Å². The van der Waals surface area contributed by atoms with Crippen molar-refractivity contribution in [3.05, 3.63) is 53.3 Å². The molecule has 3 aromatic rings. The molecule has 0 aliphatic heterocycles. The van der Waals surface area contributed by atoms with Crippen molar-refractivity contribution in [2.24, 2.45) is 0 Å². The van der Waals surface area contributed by atoms with Crippen LogP contribution in [0, 0.1) is 11.3 Å². The summed E-state index contributed by atoms with van der Waals surface area (Å²) >= 11 is 1.60. The molecule has 18 heavy (non-hydrogen) atoms. The van der Waals surface area contributed by atoms with E-state index in [2.05, 4.69) is 11.1 Å². The Morgan fingerprint density at radius 2 is 2.17 bits per heavy atom. The highest BCUT2D eigenvalue weighted by Gasteiger charge is 2.03. The van der Waals surface area contributed by atoms with Crippen molar-refractivity contribution in [3.63, 3.8) is 0 Å². The molecule has 0 spiro atoms. The maximum Gasteiger partial charge on any atom is 0.193 e. The van der Waals surface area contributed by atoms with Crippen LogP contribution in [-0.4, -0.2) is 9.38 Å². The molecule has 3 rings (SSSR count). The van der Waals surface area contributed by atoms with Gasteiger partial charge in [0.2, 0.25) is 0 Å². The van der Waals surface area contributed by atoms with Gasteiger partial charge in [-0.05, 0) is 24.3 Å². The molecular weight excluding hydrogens is 246 g/mol. The van der Waals surface area contributed by atoms with E-state index in [0.29, 0.717) is 12.2 Å². The predicted octanol–water partition coefficient (Wildman–Crippen LogP) is 2.85. The Kier molecular flexibility index (Phi) is 2.71. The minimum Gasteiger partial charge on any atom is -0.487 e. The summed E-state index contributed by atoms with van der Waals surface area (Å²) in [6, 6.07) is 9.12. The van der Waals surface area contributed by atoms with E-state index in [0.717, 1.165) is 16.4 Å². The molecule has 0 unspecified atom stereocenters. The zero-order valence-corrected chi connectivity index (χ0v) is 10.2. The third-order valence-electron chi connectivity index (χ3n) is 2.51. The first kappa shape index (κ1) is 10.8. The van der Waals surface area contributed by atoms with Gasteiger partial charge in [-0.25, -0.2) is 4.98 Å². The molecule has 5 heteroatoms. The normalized spacial score (nSPS) is 10.4. The maximum atomic E-state index is 8.69. The van der Waals surface area contributed by atoms with Crippen LogP contribution in [0.25, 0.3) is 4.96 Å². The van der Waals surface area contributed by atoms with Gasteiger partial charge in [0.25, 0.3) is 0 Å². The molecule has 0 N–H and O–H groups in total. The number of hydrogen-bond acceptors (Lipinski definition) is 4. The highest BCUT2D eigenvalue weighted by atomic mass is 32.1. The lowest BCUT2D eigenvalue weighted by Crippen LogP contribution is -1.95. The van der Waals surface area contributed by atoms with Crippen molar-refractivity contribution in [1.82, 2.24) is 9.38 Å². The van der Waals surface area contributed by atoms with Crippen molar-refractivity contribution in [1.29, 1.82) is 5.26 Å². The lowest BCUT2D eigenvalue weighted by atomic mass is 10.2. The second-order valence-electron chi connectivity index (χ2n) is 3.75. The molecule has 0 radical (unpaired) electrons. The summed E-state index contributed by atoms with van der Waals surface area (Å²) in [6.45, 7) is 0.431. The Hall–Kier alpha value is -2.32. The second-order valence-corrected chi connectivity index (χ2v) is 4.62. The summed E-state index contributed by atoms with van der Waals surface area (Å²) in [5.74, 6) is 0.741. The van der Waals surface area contributed by atoms with E-state index in [1.807, 2.05) is 22.2 Å². The average molecular weight is 255 g/mol. The van der Waals surface area contributed by atoms with Gasteiger partial charge in [-0.15, -0.1) is 11.3 Å². The fraction of sp³-hybridized carbons (Fsp3) is 0.0769. The average Bonchev–Trinajstić information content (AvgIpc) is 2.97. The van der Waals surface area contributed by atoms with Gasteiger partial charge in [0.1, 0.15) is 12.4 Å². The molecule has 0 bridgehead atoms. The van der Waals surface area contributed by atoms with E-state index in [1.165, 1.54) is 0 Å². The Morgan fingerprint density at radius 1 is 1.33 bits per heavy atom. The first-order valence-electron chi connectivity index (χ1n) is 5.39. The van der Waals surface area contributed by atoms with E-state index < -0.39 is 0 Å². The molecular formula is C13H9N3OS. The lowest BCUT2D eigenvalue weighted by molar-refractivity contribution is 0.302. The van der Waals surface area contributed by atoms with E-state index in [4.69, 9.17) is 10.00 Å². The third-order valence-corrected chi connectivity index (χ3v) is 3.28. The lowest BCUT2D eigenvalue weighted by Gasteiger charge is -2.03. The Balaban J connectivity index is 1.70. The zero-order chi connectivity index (χ0) is 12.4. The van der Waals surface area contributed by atoms with Gasteiger partial charge in [-0.2, -0.15) is 5.26 Å². The van der Waals surface area contributed by atoms with Crippen LogP contribution < -0.4 is 4.74 Å². The third kappa shape index (κ3) is 2.06. The maximum absolute atomic E-state index is 8.69. The zero-order valence-electron chi connectivity index (χ0n) is 9.41. The molecule has 0 saturated carbocycles. The number of aromatic nitrogens is 2. The summed E-state index contributed by atoms with van der Waals surface area (Å²) in [7, 11) is 0. The van der Waals surface area contributed by atoms with Gasteiger partial charge in [0.05, 0.1) is 17.3 Å². The number of thiazole rings is 1. The molecule has 0 aliphatic carbocycles. The smallest absolute Gasteiger partial charge is 0.193 e. The largest absolute Gasteiger partial charge is 0.487 e. The van der Waals surface area contributed by atoms with Crippen molar-refractivity contribution < 1.29 is 4.74 Å². The van der Waals surface area contributed by atoms with Gasteiger partial charge in [0, 0.05) is 17.8 Å². The molecule has 1 aromatic carbocycles. The number of benzene rings is 1. The Morgan fingerprint density at radius 3 is 2.89 bits per heavy atom. The molecule has 0 amide bonds. The van der Waals surface area contributed by atoms with Gasteiger partial charge in [-0.1, -0.05) is 0 Å². The van der Waals surface area contributed by atoms with Crippen molar-refractivity contribution in [2.45, 2.75) is 6.61 Å². The monoisotopic (exact) mass is 255 g/mol. The van der Waals surface area contributed by atoms with Crippen LogP contribution >= 0.6 is 11.3 Å². The van der Waals surface area contributed by atoms with Crippen molar-refractivity contribution in [3.8, 4) is 11.8 Å². The molecule has 0 saturated heterocycles. The number of imidazole rings is 1.